The molecule has 1 amide bonds. The molecule has 104 valence electrons. The highest BCUT2D eigenvalue weighted by atomic mass is 16.5. The van der Waals surface area contributed by atoms with Gasteiger partial charge in [0, 0.05) is 18.3 Å². The van der Waals surface area contributed by atoms with Crippen molar-refractivity contribution >= 4 is 17.3 Å². The van der Waals surface area contributed by atoms with Gasteiger partial charge in [0.25, 0.3) is 5.91 Å². The van der Waals surface area contributed by atoms with Crippen molar-refractivity contribution in [1.29, 1.82) is 0 Å². The van der Waals surface area contributed by atoms with Crippen LogP contribution < -0.4 is 15.4 Å². The first kappa shape index (κ1) is 13.9. The van der Waals surface area contributed by atoms with E-state index in [1.54, 1.807) is 37.3 Å². The fraction of sp³-hybridized carbons (Fsp3) is 0.188. The summed E-state index contributed by atoms with van der Waals surface area (Å²) in [7, 11) is 3.32. The van der Waals surface area contributed by atoms with E-state index in [-0.39, 0.29) is 5.91 Å². The molecule has 0 radical (unpaired) electrons. The van der Waals surface area contributed by atoms with E-state index < -0.39 is 0 Å². The molecule has 0 heterocycles. The molecule has 4 nitrogen and oxygen atoms in total. The number of carbonyl (C=O) groups excluding carboxylic acids is 1. The molecule has 20 heavy (non-hydrogen) atoms. The summed E-state index contributed by atoms with van der Waals surface area (Å²) in [6.07, 6.45) is 0. The molecule has 2 N–H and O–H groups in total. The van der Waals surface area contributed by atoms with Gasteiger partial charge in [0.1, 0.15) is 5.75 Å². The van der Waals surface area contributed by atoms with Gasteiger partial charge < -0.3 is 15.4 Å². The number of hydrogen-bond donors (Lipinski definition) is 1. The fourth-order valence-corrected chi connectivity index (χ4v) is 2.12. The molecular weight excluding hydrogens is 252 g/mol. The second-order valence-electron chi connectivity index (χ2n) is 4.61. The molecule has 0 saturated carbocycles. The Balaban J connectivity index is 2.37. The monoisotopic (exact) mass is 270 g/mol. The van der Waals surface area contributed by atoms with Crippen LogP contribution in [0.2, 0.25) is 0 Å². The quantitative estimate of drug-likeness (QED) is 0.872. The van der Waals surface area contributed by atoms with Crippen LogP contribution in [0.25, 0.3) is 0 Å². The molecule has 4 heteroatoms. The third-order valence-electron chi connectivity index (χ3n) is 3.23. The highest BCUT2D eigenvalue weighted by Gasteiger charge is 2.18. The van der Waals surface area contributed by atoms with Crippen molar-refractivity contribution in [3.8, 4) is 5.75 Å². The Morgan fingerprint density at radius 1 is 1.20 bits per heavy atom. The van der Waals surface area contributed by atoms with Crippen LogP contribution in [0, 0.1) is 6.92 Å². The summed E-state index contributed by atoms with van der Waals surface area (Å²) in [5.41, 5.74) is 8.59. The smallest absolute Gasteiger partial charge is 0.258 e. The summed E-state index contributed by atoms with van der Waals surface area (Å²) in [5.74, 6) is 0.573. The number of aryl methyl sites for hydroxylation is 1. The minimum absolute atomic E-state index is 0.0907. The van der Waals surface area contributed by atoms with E-state index in [0.29, 0.717) is 17.0 Å². The number of rotatable bonds is 3. The van der Waals surface area contributed by atoms with Crippen LogP contribution in [-0.2, 0) is 0 Å². The number of anilines is 2. The third-order valence-corrected chi connectivity index (χ3v) is 3.23. The number of para-hydroxylation sites is 2. The van der Waals surface area contributed by atoms with E-state index in [9.17, 15) is 4.79 Å². The van der Waals surface area contributed by atoms with E-state index in [1.807, 2.05) is 31.2 Å². The summed E-state index contributed by atoms with van der Waals surface area (Å²) in [5, 5.41) is 0. The topological polar surface area (TPSA) is 55.6 Å². The predicted molar refractivity (Wildman–Crippen MR) is 81.3 cm³/mol. The lowest BCUT2D eigenvalue weighted by Crippen LogP contribution is -2.27. The largest absolute Gasteiger partial charge is 0.495 e. The van der Waals surface area contributed by atoms with Crippen LogP contribution in [0.15, 0.2) is 42.5 Å². The molecule has 2 aromatic carbocycles. The molecule has 2 rings (SSSR count). The van der Waals surface area contributed by atoms with Crippen molar-refractivity contribution in [2.24, 2.45) is 0 Å². The second-order valence-corrected chi connectivity index (χ2v) is 4.61. The number of amides is 1. The first-order chi connectivity index (χ1) is 9.54. The minimum Gasteiger partial charge on any atom is -0.495 e. The second kappa shape index (κ2) is 5.65. The molecule has 0 fully saturated rings. The molecule has 0 aliphatic rings. The first-order valence-electron chi connectivity index (χ1n) is 6.31. The highest BCUT2D eigenvalue weighted by Crippen LogP contribution is 2.28. The van der Waals surface area contributed by atoms with E-state index >= 15 is 0 Å². The molecule has 0 bridgehead atoms. The third kappa shape index (κ3) is 2.59. The predicted octanol–water partition coefficient (Wildman–Crippen LogP) is 2.86. The highest BCUT2D eigenvalue weighted by molar-refractivity contribution is 6.07. The van der Waals surface area contributed by atoms with Crippen LogP contribution in [0.3, 0.4) is 0 Å². The summed E-state index contributed by atoms with van der Waals surface area (Å²) in [4.78, 5) is 14.2. The lowest BCUT2D eigenvalue weighted by molar-refractivity contribution is 0.0992. The lowest BCUT2D eigenvalue weighted by Gasteiger charge is -2.20. The molecule has 0 aromatic heterocycles. The van der Waals surface area contributed by atoms with Gasteiger partial charge in [-0.15, -0.1) is 0 Å². The first-order valence-corrected chi connectivity index (χ1v) is 6.31. The zero-order valence-corrected chi connectivity index (χ0v) is 11.9. The Morgan fingerprint density at radius 3 is 2.55 bits per heavy atom. The Hall–Kier alpha value is -2.49. The van der Waals surface area contributed by atoms with Crippen molar-refractivity contribution in [2.45, 2.75) is 6.92 Å². The van der Waals surface area contributed by atoms with Crippen LogP contribution in [0.5, 0.6) is 5.75 Å². The van der Waals surface area contributed by atoms with Gasteiger partial charge in [0.15, 0.2) is 0 Å². The van der Waals surface area contributed by atoms with Gasteiger partial charge >= 0.3 is 0 Å². The number of nitrogens with two attached hydrogens (primary N) is 1. The number of carbonyl (C=O) groups is 1. The van der Waals surface area contributed by atoms with Gasteiger partial charge in [0.05, 0.1) is 12.8 Å². The van der Waals surface area contributed by atoms with Crippen molar-refractivity contribution in [1.82, 2.24) is 0 Å². The maximum Gasteiger partial charge on any atom is 0.258 e. The maximum absolute atomic E-state index is 12.6. The number of hydrogen-bond acceptors (Lipinski definition) is 3. The molecule has 0 atom stereocenters. The summed E-state index contributed by atoms with van der Waals surface area (Å²) in [6, 6.07) is 12.7. The standard InChI is InChI=1S/C16H18N2O2/c1-11-10-12(17)8-9-13(11)16(19)18(2)14-6-4-5-7-15(14)20-3/h4-10H,17H2,1-3H3. The average Bonchev–Trinajstić information content (AvgIpc) is 2.45. The number of ether oxygens (including phenoxy) is 1. The van der Waals surface area contributed by atoms with Crippen LogP contribution in [-0.4, -0.2) is 20.1 Å². The Bertz CT molecular complexity index is 638. The van der Waals surface area contributed by atoms with E-state index in [1.165, 1.54) is 0 Å². The van der Waals surface area contributed by atoms with Gasteiger partial charge in [-0.3, -0.25) is 4.79 Å². The van der Waals surface area contributed by atoms with Crippen molar-refractivity contribution in [2.75, 3.05) is 24.8 Å². The summed E-state index contributed by atoms with van der Waals surface area (Å²) >= 11 is 0. The van der Waals surface area contributed by atoms with Crippen LogP contribution in [0.1, 0.15) is 15.9 Å². The Kier molecular flexibility index (Phi) is 3.94. The van der Waals surface area contributed by atoms with Gasteiger partial charge in [-0.05, 0) is 42.8 Å². The summed E-state index contributed by atoms with van der Waals surface area (Å²) < 4.78 is 5.29. The maximum atomic E-state index is 12.6. The van der Waals surface area contributed by atoms with Crippen LogP contribution >= 0.6 is 0 Å². The normalized spacial score (nSPS) is 10.2. The lowest BCUT2D eigenvalue weighted by atomic mass is 10.1. The van der Waals surface area contributed by atoms with Crippen molar-refractivity contribution in [3.05, 3.63) is 53.6 Å². The Labute approximate surface area is 118 Å². The minimum atomic E-state index is -0.0907. The fourth-order valence-electron chi connectivity index (χ4n) is 2.12. The molecule has 0 unspecified atom stereocenters. The van der Waals surface area contributed by atoms with E-state index in [4.69, 9.17) is 10.5 Å². The van der Waals surface area contributed by atoms with E-state index in [2.05, 4.69) is 0 Å². The zero-order valence-electron chi connectivity index (χ0n) is 11.9. The van der Waals surface area contributed by atoms with Gasteiger partial charge in [0.2, 0.25) is 0 Å². The van der Waals surface area contributed by atoms with Crippen molar-refractivity contribution in [3.63, 3.8) is 0 Å². The van der Waals surface area contributed by atoms with Gasteiger partial charge in [-0.2, -0.15) is 0 Å². The molecule has 0 spiro atoms. The van der Waals surface area contributed by atoms with Gasteiger partial charge in [-0.25, -0.2) is 0 Å². The Morgan fingerprint density at radius 2 is 1.90 bits per heavy atom. The number of benzene rings is 2. The number of nitrogen functional groups attached to an aromatic ring is 1. The molecular formula is C16H18N2O2. The molecule has 0 aliphatic heterocycles. The molecule has 0 saturated heterocycles. The van der Waals surface area contributed by atoms with E-state index in [0.717, 1.165) is 11.3 Å². The van der Waals surface area contributed by atoms with Gasteiger partial charge in [-0.1, -0.05) is 12.1 Å². The van der Waals surface area contributed by atoms with Crippen molar-refractivity contribution < 1.29 is 9.53 Å². The number of nitrogens with zero attached hydrogens (tertiary/aromatic N) is 1. The SMILES string of the molecule is COc1ccccc1N(C)C(=O)c1ccc(N)cc1C. The zero-order chi connectivity index (χ0) is 14.7. The average molecular weight is 270 g/mol. The number of methoxy groups -OCH3 is 1. The summed E-state index contributed by atoms with van der Waals surface area (Å²) in [6.45, 7) is 1.87. The molecule has 0 aliphatic carbocycles. The molecule has 2 aromatic rings. The van der Waals surface area contributed by atoms with Crippen LogP contribution in [0.4, 0.5) is 11.4 Å².